The summed E-state index contributed by atoms with van der Waals surface area (Å²) >= 11 is 0. The highest BCUT2D eigenvalue weighted by molar-refractivity contribution is 5.95. The molecule has 0 aliphatic heterocycles. The molecule has 0 fully saturated rings. The van der Waals surface area contributed by atoms with Crippen molar-refractivity contribution >= 4 is 33.9 Å². The second kappa shape index (κ2) is 6.75. The molecule has 0 aliphatic rings. The van der Waals surface area contributed by atoms with Gasteiger partial charge in [-0.15, -0.1) is 0 Å². The smallest absolute Gasteiger partial charge is 0.224 e. The lowest BCUT2D eigenvalue weighted by atomic mass is 10.1. The molecule has 0 spiro atoms. The molecule has 0 atom stereocenters. The fourth-order valence-corrected chi connectivity index (χ4v) is 3.33. The Morgan fingerprint density at radius 2 is 2.14 bits per heavy atom. The average molecular weight is 382 g/mol. The van der Waals surface area contributed by atoms with Gasteiger partial charge in [-0.3, -0.25) is 4.98 Å². The fraction of sp³-hybridized carbons (Fsp3) is 0.0476. The summed E-state index contributed by atoms with van der Waals surface area (Å²) in [6.45, 7) is 4.18. The van der Waals surface area contributed by atoms with Crippen LogP contribution in [0.25, 0.3) is 33.4 Å². The minimum atomic E-state index is 0.581. The number of hydrogen-bond donors (Lipinski definition) is 3. The molecule has 0 radical (unpaired) electrons. The van der Waals surface area contributed by atoms with Crippen LogP contribution in [0.15, 0.2) is 68.0 Å². The lowest BCUT2D eigenvalue weighted by Crippen LogP contribution is -1.97. The Morgan fingerprint density at radius 1 is 1.21 bits per heavy atom. The van der Waals surface area contributed by atoms with Crippen molar-refractivity contribution in [1.82, 2.24) is 29.5 Å². The van der Waals surface area contributed by atoms with Crippen LogP contribution in [-0.2, 0) is 0 Å². The summed E-state index contributed by atoms with van der Waals surface area (Å²) < 4.78 is 1.83. The zero-order valence-electron chi connectivity index (χ0n) is 15.7. The second-order valence-corrected chi connectivity index (χ2v) is 6.56. The maximum atomic E-state index is 4.46. The summed E-state index contributed by atoms with van der Waals surface area (Å²) in [5.74, 6) is 0.581. The Morgan fingerprint density at radius 3 is 2.97 bits per heavy atom. The van der Waals surface area contributed by atoms with Crippen LogP contribution >= 0.6 is 0 Å². The summed E-state index contributed by atoms with van der Waals surface area (Å²) in [5.41, 5.74) is 6.36. The van der Waals surface area contributed by atoms with Crippen molar-refractivity contribution in [2.24, 2.45) is 0 Å². The van der Waals surface area contributed by atoms with Crippen molar-refractivity contribution in [3.63, 3.8) is 0 Å². The normalized spacial score (nSPS) is 11.1. The Hall–Kier alpha value is -4.20. The van der Waals surface area contributed by atoms with Gasteiger partial charge in [0, 0.05) is 54.0 Å². The third-order valence-electron chi connectivity index (χ3n) is 4.77. The zero-order valence-corrected chi connectivity index (χ0v) is 15.7. The highest BCUT2D eigenvalue weighted by atomic mass is 15.2. The number of aromatic amines is 1. The Kier molecular flexibility index (Phi) is 3.94. The first-order valence-corrected chi connectivity index (χ1v) is 9.09. The molecule has 0 amide bonds. The van der Waals surface area contributed by atoms with E-state index in [0.717, 1.165) is 44.6 Å². The van der Waals surface area contributed by atoms with Gasteiger partial charge in [0.2, 0.25) is 5.95 Å². The molecule has 0 bridgehead atoms. The van der Waals surface area contributed by atoms with Crippen LogP contribution in [-0.4, -0.2) is 36.6 Å². The van der Waals surface area contributed by atoms with E-state index in [9.17, 15) is 0 Å². The summed E-state index contributed by atoms with van der Waals surface area (Å²) in [5, 5.41) is 11.7. The van der Waals surface area contributed by atoms with E-state index in [2.05, 4.69) is 48.3 Å². The van der Waals surface area contributed by atoms with Crippen molar-refractivity contribution < 1.29 is 0 Å². The number of nitrogens with one attached hydrogen (secondary N) is 3. The van der Waals surface area contributed by atoms with Gasteiger partial charge < -0.3 is 15.6 Å². The van der Waals surface area contributed by atoms with E-state index >= 15 is 0 Å². The predicted octanol–water partition coefficient (Wildman–Crippen LogP) is 3.79. The molecule has 8 nitrogen and oxygen atoms in total. The van der Waals surface area contributed by atoms with E-state index in [1.54, 1.807) is 19.4 Å². The van der Waals surface area contributed by atoms with Crippen molar-refractivity contribution in [3.8, 4) is 11.1 Å². The van der Waals surface area contributed by atoms with Crippen LogP contribution in [0.4, 0.5) is 11.6 Å². The van der Waals surface area contributed by atoms with Crippen molar-refractivity contribution in [1.29, 1.82) is 0 Å². The van der Waals surface area contributed by atoms with E-state index < -0.39 is 0 Å². The molecule has 0 saturated carbocycles. The second-order valence-electron chi connectivity index (χ2n) is 6.56. The molecule has 29 heavy (non-hydrogen) atoms. The van der Waals surface area contributed by atoms with Crippen LogP contribution in [0.3, 0.4) is 0 Å². The van der Waals surface area contributed by atoms with Gasteiger partial charge in [-0.05, 0) is 29.8 Å². The van der Waals surface area contributed by atoms with Crippen molar-refractivity contribution in [3.05, 3.63) is 73.6 Å². The van der Waals surface area contributed by atoms with Gasteiger partial charge in [0.05, 0.1) is 23.6 Å². The standard InChI is InChI=1S/C21H18N8/c1-13(27-15-4-3-6-23-9-15)16-12-26-29-7-5-14(8-19(16)29)17-10-24-20-18(17)11-25-21(22-2)28-20/h3-12,27H,1H2,2H3,(H2,22,24,25,28). The third kappa shape index (κ3) is 2.96. The first-order valence-electron chi connectivity index (χ1n) is 9.09. The number of pyridine rings is 2. The van der Waals surface area contributed by atoms with Crippen LogP contribution in [0, 0.1) is 0 Å². The van der Waals surface area contributed by atoms with E-state index in [0.29, 0.717) is 5.95 Å². The van der Waals surface area contributed by atoms with E-state index in [1.165, 1.54) is 0 Å². The topological polar surface area (TPSA) is 95.8 Å². The highest BCUT2D eigenvalue weighted by Crippen LogP contribution is 2.30. The quantitative estimate of drug-likeness (QED) is 0.428. The number of rotatable bonds is 5. The number of fused-ring (bicyclic) bond motifs is 2. The average Bonchev–Trinajstić information content (AvgIpc) is 3.37. The van der Waals surface area contributed by atoms with Gasteiger partial charge in [-0.1, -0.05) is 6.58 Å². The van der Waals surface area contributed by atoms with Gasteiger partial charge in [0.15, 0.2) is 0 Å². The molecule has 3 N–H and O–H groups in total. The summed E-state index contributed by atoms with van der Waals surface area (Å²) in [4.78, 5) is 16.1. The molecule has 0 unspecified atom stereocenters. The van der Waals surface area contributed by atoms with Crippen LogP contribution in [0.1, 0.15) is 5.56 Å². The lowest BCUT2D eigenvalue weighted by molar-refractivity contribution is 0.962. The Labute approximate surface area is 166 Å². The maximum absolute atomic E-state index is 4.46. The molecule has 5 rings (SSSR count). The summed E-state index contributed by atoms with van der Waals surface area (Å²) in [6, 6.07) is 7.94. The number of nitrogens with zero attached hydrogens (tertiary/aromatic N) is 5. The molecule has 8 heteroatoms. The first kappa shape index (κ1) is 16.9. The predicted molar refractivity (Wildman–Crippen MR) is 115 cm³/mol. The number of H-pyrrole nitrogens is 1. The van der Waals surface area contributed by atoms with Crippen LogP contribution in [0.5, 0.6) is 0 Å². The molecule has 0 aromatic carbocycles. The maximum Gasteiger partial charge on any atom is 0.224 e. The van der Waals surface area contributed by atoms with Crippen molar-refractivity contribution in [2.75, 3.05) is 17.7 Å². The van der Waals surface area contributed by atoms with Gasteiger partial charge in [-0.2, -0.15) is 10.1 Å². The highest BCUT2D eigenvalue weighted by Gasteiger charge is 2.13. The molecular formula is C21H18N8. The molecule has 142 valence electrons. The summed E-state index contributed by atoms with van der Waals surface area (Å²) in [7, 11) is 1.80. The largest absolute Gasteiger partial charge is 0.357 e. The molecule has 0 saturated heterocycles. The minimum absolute atomic E-state index is 0.581. The van der Waals surface area contributed by atoms with Gasteiger partial charge in [0.25, 0.3) is 0 Å². The summed E-state index contributed by atoms with van der Waals surface area (Å²) in [6.07, 6.45) is 11.0. The Balaban J connectivity index is 1.55. The number of aromatic nitrogens is 6. The zero-order chi connectivity index (χ0) is 19.8. The first-order chi connectivity index (χ1) is 14.2. The van der Waals surface area contributed by atoms with Crippen LogP contribution in [0.2, 0.25) is 0 Å². The Bertz CT molecular complexity index is 1330. The fourth-order valence-electron chi connectivity index (χ4n) is 3.33. The van der Waals surface area contributed by atoms with Gasteiger partial charge >= 0.3 is 0 Å². The number of hydrogen-bond acceptors (Lipinski definition) is 6. The molecule has 0 aliphatic carbocycles. The molecule has 5 aromatic heterocycles. The van der Waals surface area contributed by atoms with Crippen LogP contribution < -0.4 is 10.6 Å². The van der Waals surface area contributed by atoms with E-state index in [-0.39, 0.29) is 0 Å². The SMILES string of the molecule is C=C(Nc1cccnc1)c1cnn2ccc(-c3c[nH]c4nc(NC)ncc34)cc12. The van der Waals surface area contributed by atoms with Crippen molar-refractivity contribution in [2.45, 2.75) is 0 Å². The minimum Gasteiger partial charge on any atom is -0.357 e. The third-order valence-corrected chi connectivity index (χ3v) is 4.77. The molecule has 5 aromatic rings. The molecular weight excluding hydrogens is 364 g/mol. The molecule has 5 heterocycles. The lowest BCUT2D eigenvalue weighted by Gasteiger charge is -2.08. The van der Waals surface area contributed by atoms with E-state index in [4.69, 9.17) is 0 Å². The van der Waals surface area contributed by atoms with E-state index in [1.807, 2.05) is 47.5 Å². The van der Waals surface area contributed by atoms with Gasteiger partial charge in [-0.25, -0.2) is 9.50 Å². The monoisotopic (exact) mass is 382 g/mol. The van der Waals surface area contributed by atoms with Gasteiger partial charge in [0.1, 0.15) is 5.65 Å². The number of anilines is 2.